The van der Waals surface area contributed by atoms with Crippen LogP contribution >= 0.6 is 0 Å². The second kappa shape index (κ2) is 4.62. The van der Waals surface area contributed by atoms with E-state index >= 15 is 0 Å². The van der Waals surface area contributed by atoms with Crippen LogP contribution in [0.15, 0.2) is 12.5 Å². The molecule has 19 heavy (non-hydrogen) atoms. The van der Waals surface area contributed by atoms with E-state index in [1.807, 2.05) is 6.20 Å². The fourth-order valence-electron chi connectivity index (χ4n) is 5.53. The van der Waals surface area contributed by atoms with Crippen LogP contribution in [-0.4, -0.2) is 16.0 Å². The molecule has 4 aliphatic carbocycles. The van der Waals surface area contributed by atoms with Crippen LogP contribution in [0.25, 0.3) is 0 Å². The Bertz CT molecular complexity index is 397. The second-order valence-corrected chi connectivity index (χ2v) is 7.37. The van der Waals surface area contributed by atoms with E-state index in [9.17, 15) is 0 Å². The molecular formula is C16H25N3. The monoisotopic (exact) mass is 259 g/mol. The SMILES string of the molecule is NC(Cc1cnc[nH]1)CC1C2CC3CC(C2)CC1C3. The highest BCUT2D eigenvalue weighted by Gasteiger charge is 2.48. The van der Waals surface area contributed by atoms with Crippen molar-refractivity contribution in [2.24, 2.45) is 35.3 Å². The molecule has 0 amide bonds. The van der Waals surface area contributed by atoms with Crippen molar-refractivity contribution in [1.82, 2.24) is 9.97 Å². The Morgan fingerprint density at radius 1 is 1.16 bits per heavy atom. The summed E-state index contributed by atoms with van der Waals surface area (Å²) in [6.07, 6.45) is 13.4. The van der Waals surface area contributed by atoms with Crippen LogP contribution in [-0.2, 0) is 6.42 Å². The average molecular weight is 259 g/mol. The lowest BCUT2D eigenvalue weighted by Gasteiger charge is -2.55. The summed E-state index contributed by atoms with van der Waals surface area (Å²) in [6, 6.07) is 0.308. The van der Waals surface area contributed by atoms with E-state index in [-0.39, 0.29) is 0 Å². The molecule has 0 saturated heterocycles. The number of nitrogens with one attached hydrogen (secondary N) is 1. The highest BCUT2D eigenvalue weighted by Crippen LogP contribution is 2.57. The van der Waals surface area contributed by atoms with Gasteiger partial charge in [-0.25, -0.2) is 4.98 Å². The maximum Gasteiger partial charge on any atom is 0.0921 e. The Hall–Kier alpha value is -0.830. The first-order chi connectivity index (χ1) is 9.28. The summed E-state index contributed by atoms with van der Waals surface area (Å²) >= 11 is 0. The summed E-state index contributed by atoms with van der Waals surface area (Å²) in [6.45, 7) is 0. The van der Waals surface area contributed by atoms with Gasteiger partial charge in [0.2, 0.25) is 0 Å². The molecule has 1 aromatic heterocycles. The van der Waals surface area contributed by atoms with Gasteiger partial charge < -0.3 is 10.7 Å². The number of hydrogen-bond donors (Lipinski definition) is 2. The molecule has 0 radical (unpaired) electrons. The van der Waals surface area contributed by atoms with Crippen LogP contribution < -0.4 is 5.73 Å². The number of H-pyrrole nitrogens is 1. The Labute approximate surface area is 115 Å². The molecule has 0 aromatic carbocycles. The average Bonchev–Trinajstić information content (AvgIpc) is 2.85. The number of hydrogen-bond acceptors (Lipinski definition) is 2. The molecule has 104 valence electrons. The Morgan fingerprint density at radius 3 is 2.42 bits per heavy atom. The third-order valence-corrected chi connectivity index (χ3v) is 6.03. The molecule has 0 aliphatic heterocycles. The van der Waals surface area contributed by atoms with Gasteiger partial charge in [0, 0.05) is 24.4 Å². The fourth-order valence-corrected chi connectivity index (χ4v) is 5.53. The van der Waals surface area contributed by atoms with Crippen LogP contribution in [0.1, 0.15) is 44.2 Å². The first-order valence-electron chi connectivity index (χ1n) is 8.00. The predicted molar refractivity (Wildman–Crippen MR) is 75.4 cm³/mol. The van der Waals surface area contributed by atoms with E-state index in [4.69, 9.17) is 5.73 Å². The summed E-state index contributed by atoms with van der Waals surface area (Å²) in [5, 5.41) is 0. The summed E-state index contributed by atoms with van der Waals surface area (Å²) < 4.78 is 0. The largest absolute Gasteiger partial charge is 0.348 e. The van der Waals surface area contributed by atoms with Gasteiger partial charge in [-0.3, -0.25) is 0 Å². The van der Waals surface area contributed by atoms with Gasteiger partial charge in [-0.05, 0) is 68.1 Å². The van der Waals surface area contributed by atoms with Gasteiger partial charge in [0.25, 0.3) is 0 Å². The third kappa shape index (κ3) is 2.22. The molecule has 3 nitrogen and oxygen atoms in total. The molecule has 1 aromatic rings. The van der Waals surface area contributed by atoms with Crippen molar-refractivity contribution < 1.29 is 0 Å². The van der Waals surface area contributed by atoms with E-state index in [0.717, 1.165) is 36.0 Å². The summed E-state index contributed by atoms with van der Waals surface area (Å²) in [4.78, 5) is 7.26. The van der Waals surface area contributed by atoms with Crippen molar-refractivity contribution in [3.8, 4) is 0 Å². The van der Waals surface area contributed by atoms with Crippen molar-refractivity contribution in [3.63, 3.8) is 0 Å². The van der Waals surface area contributed by atoms with Crippen LogP contribution in [0, 0.1) is 29.6 Å². The summed E-state index contributed by atoms with van der Waals surface area (Å²) in [7, 11) is 0. The zero-order valence-electron chi connectivity index (χ0n) is 11.6. The smallest absolute Gasteiger partial charge is 0.0921 e. The lowest BCUT2D eigenvalue weighted by Crippen LogP contribution is -2.47. The molecule has 1 atom stereocenters. The van der Waals surface area contributed by atoms with E-state index in [1.165, 1.54) is 37.8 Å². The molecule has 3 N–H and O–H groups in total. The maximum absolute atomic E-state index is 6.40. The quantitative estimate of drug-likeness (QED) is 0.873. The lowest BCUT2D eigenvalue weighted by atomic mass is 9.51. The maximum atomic E-state index is 6.40. The van der Waals surface area contributed by atoms with E-state index in [1.54, 1.807) is 12.7 Å². The van der Waals surface area contributed by atoms with Crippen molar-refractivity contribution >= 4 is 0 Å². The van der Waals surface area contributed by atoms with Crippen LogP contribution in [0.4, 0.5) is 0 Å². The third-order valence-electron chi connectivity index (χ3n) is 6.03. The Morgan fingerprint density at radius 2 is 1.84 bits per heavy atom. The van der Waals surface area contributed by atoms with Crippen LogP contribution in [0.5, 0.6) is 0 Å². The normalized spacial score (nSPS) is 41.6. The first-order valence-corrected chi connectivity index (χ1v) is 8.00. The van der Waals surface area contributed by atoms with Crippen molar-refractivity contribution in [3.05, 3.63) is 18.2 Å². The molecule has 1 heterocycles. The van der Waals surface area contributed by atoms with E-state index in [2.05, 4.69) is 9.97 Å². The standard InChI is InChI=1S/C16H25N3/c17-14(6-15-8-18-9-19-15)7-16-12-2-10-1-11(4-12)5-13(16)3-10/h8-14,16H,1-7,17H2,(H,18,19). The molecule has 3 heteroatoms. The number of aromatic amines is 1. The fraction of sp³-hybridized carbons (Fsp3) is 0.812. The van der Waals surface area contributed by atoms with Gasteiger partial charge in [0.15, 0.2) is 0 Å². The molecule has 4 fully saturated rings. The van der Waals surface area contributed by atoms with Gasteiger partial charge in [0.05, 0.1) is 6.33 Å². The minimum absolute atomic E-state index is 0.308. The van der Waals surface area contributed by atoms with Crippen LogP contribution in [0.2, 0.25) is 0 Å². The second-order valence-electron chi connectivity index (χ2n) is 7.37. The van der Waals surface area contributed by atoms with Crippen molar-refractivity contribution in [2.75, 3.05) is 0 Å². The van der Waals surface area contributed by atoms with Crippen molar-refractivity contribution in [2.45, 2.75) is 51.0 Å². The molecule has 4 aliphatic rings. The molecule has 5 rings (SSSR count). The van der Waals surface area contributed by atoms with Crippen molar-refractivity contribution in [1.29, 1.82) is 0 Å². The number of nitrogens with zero attached hydrogens (tertiary/aromatic N) is 1. The highest BCUT2D eigenvalue weighted by atomic mass is 14.9. The molecule has 4 bridgehead atoms. The Kier molecular flexibility index (Phi) is 2.91. The van der Waals surface area contributed by atoms with Crippen LogP contribution in [0.3, 0.4) is 0 Å². The number of imidazole rings is 1. The van der Waals surface area contributed by atoms with E-state index < -0.39 is 0 Å². The zero-order valence-corrected chi connectivity index (χ0v) is 11.6. The summed E-state index contributed by atoms with van der Waals surface area (Å²) in [5.41, 5.74) is 7.59. The molecular weight excluding hydrogens is 234 g/mol. The topological polar surface area (TPSA) is 54.7 Å². The molecule has 1 unspecified atom stereocenters. The minimum atomic E-state index is 0.308. The molecule has 0 spiro atoms. The highest BCUT2D eigenvalue weighted by molar-refractivity contribution is 5.01. The number of aromatic nitrogens is 2. The van der Waals surface area contributed by atoms with Gasteiger partial charge >= 0.3 is 0 Å². The number of nitrogens with two attached hydrogens (primary N) is 1. The minimum Gasteiger partial charge on any atom is -0.348 e. The van der Waals surface area contributed by atoms with Gasteiger partial charge in [-0.2, -0.15) is 0 Å². The van der Waals surface area contributed by atoms with Gasteiger partial charge in [-0.1, -0.05) is 0 Å². The lowest BCUT2D eigenvalue weighted by molar-refractivity contribution is -0.0419. The van der Waals surface area contributed by atoms with E-state index in [0.29, 0.717) is 6.04 Å². The molecule has 4 saturated carbocycles. The number of rotatable bonds is 4. The van der Waals surface area contributed by atoms with Gasteiger partial charge in [-0.15, -0.1) is 0 Å². The Balaban J connectivity index is 1.40. The zero-order chi connectivity index (χ0) is 12.8. The summed E-state index contributed by atoms with van der Waals surface area (Å²) in [5.74, 6) is 5.07. The first kappa shape index (κ1) is 12.0. The predicted octanol–water partition coefficient (Wildman–Crippen LogP) is 2.74. The van der Waals surface area contributed by atoms with Gasteiger partial charge in [0.1, 0.15) is 0 Å².